The number of hydrogen-bond donors (Lipinski definition) is 2. The van der Waals surface area contributed by atoms with E-state index in [1.54, 1.807) is 36.5 Å². The number of nitrogens with two attached hydrogens (primary N) is 1. The lowest BCUT2D eigenvalue weighted by Gasteiger charge is -2.06. The van der Waals surface area contributed by atoms with Crippen molar-refractivity contribution in [3.8, 4) is 11.1 Å². The molecule has 4 rings (SSSR count). The van der Waals surface area contributed by atoms with Crippen LogP contribution in [0.25, 0.3) is 22.2 Å². The molecular weight excluding hydrogens is 364 g/mol. The summed E-state index contributed by atoms with van der Waals surface area (Å²) in [7, 11) is 0. The highest BCUT2D eigenvalue weighted by molar-refractivity contribution is 6.16. The van der Waals surface area contributed by atoms with Crippen molar-refractivity contribution in [1.82, 2.24) is 9.97 Å². The molecule has 2 heterocycles. The summed E-state index contributed by atoms with van der Waals surface area (Å²) in [6, 6.07) is 10.5. The molecule has 0 radical (unpaired) electrons. The van der Waals surface area contributed by atoms with Crippen LogP contribution in [0, 0.1) is 11.6 Å². The van der Waals surface area contributed by atoms with Gasteiger partial charge in [-0.3, -0.25) is 9.59 Å². The minimum absolute atomic E-state index is 0.0808. The van der Waals surface area contributed by atoms with Gasteiger partial charge >= 0.3 is 0 Å². The molecule has 5 nitrogen and oxygen atoms in total. The Morgan fingerprint density at radius 3 is 2.54 bits per heavy atom. The second-order valence-electron chi connectivity index (χ2n) is 6.22. The van der Waals surface area contributed by atoms with E-state index in [4.69, 9.17) is 5.73 Å². The number of benzene rings is 2. The van der Waals surface area contributed by atoms with Gasteiger partial charge in [-0.15, -0.1) is 0 Å². The summed E-state index contributed by atoms with van der Waals surface area (Å²) in [4.78, 5) is 30.7. The number of aromatic amines is 1. The third kappa shape index (κ3) is 2.83. The second kappa shape index (κ2) is 6.70. The van der Waals surface area contributed by atoms with Crippen LogP contribution < -0.4 is 5.73 Å². The van der Waals surface area contributed by atoms with Crippen molar-refractivity contribution < 1.29 is 18.4 Å². The quantitative estimate of drug-likeness (QED) is 0.318. The number of H-pyrrole nitrogens is 1. The van der Waals surface area contributed by atoms with Crippen LogP contribution >= 0.6 is 0 Å². The van der Waals surface area contributed by atoms with Gasteiger partial charge in [-0.05, 0) is 23.8 Å². The molecule has 3 N–H and O–H groups in total. The third-order valence-electron chi connectivity index (χ3n) is 4.50. The van der Waals surface area contributed by atoms with Crippen molar-refractivity contribution in [3.05, 3.63) is 83.2 Å². The van der Waals surface area contributed by atoms with Gasteiger partial charge in [0.15, 0.2) is 5.82 Å². The predicted octanol–water partition coefficient (Wildman–Crippen LogP) is 4.13. The number of aromatic nitrogens is 2. The van der Waals surface area contributed by atoms with Gasteiger partial charge in [0.05, 0.1) is 11.3 Å². The molecule has 0 saturated carbocycles. The van der Waals surface area contributed by atoms with E-state index in [0.29, 0.717) is 22.2 Å². The molecule has 138 valence electrons. The summed E-state index contributed by atoms with van der Waals surface area (Å²) in [6.07, 6.45) is 3.70. The van der Waals surface area contributed by atoms with Crippen molar-refractivity contribution in [2.75, 3.05) is 5.73 Å². The van der Waals surface area contributed by atoms with Crippen LogP contribution in [-0.2, 0) is 0 Å². The number of nitrogen functional groups attached to an aromatic ring is 1. The van der Waals surface area contributed by atoms with Crippen LogP contribution in [0.1, 0.15) is 26.3 Å². The van der Waals surface area contributed by atoms with Gasteiger partial charge < -0.3 is 10.7 Å². The third-order valence-corrected chi connectivity index (χ3v) is 4.50. The van der Waals surface area contributed by atoms with Gasteiger partial charge in [0, 0.05) is 34.5 Å². The molecule has 0 saturated heterocycles. The van der Waals surface area contributed by atoms with E-state index in [1.165, 1.54) is 6.20 Å². The SMILES string of the molecule is Nc1ccc(F)c(C(=O)c2c[nH]c3ncc(-c4ccc(C=O)cc4)cc23)c1F. The second-order valence-corrected chi connectivity index (χ2v) is 6.22. The lowest BCUT2D eigenvalue weighted by Crippen LogP contribution is -2.09. The first-order valence-electron chi connectivity index (χ1n) is 8.30. The van der Waals surface area contributed by atoms with Gasteiger partial charge in [-0.1, -0.05) is 24.3 Å². The average Bonchev–Trinajstić information content (AvgIpc) is 3.14. The fourth-order valence-corrected chi connectivity index (χ4v) is 3.01. The zero-order valence-corrected chi connectivity index (χ0v) is 14.4. The number of nitrogens with one attached hydrogen (secondary N) is 1. The van der Waals surface area contributed by atoms with Crippen LogP contribution in [0.5, 0.6) is 0 Å². The van der Waals surface area contributed by atoms with Gasteiger partial charge in [-0.25, -0.2) is 13.8 Å². The number of nitrogens with zero attached hydrogens (tertiary/aromatic N) is 1. The largest absolute Gasteiger partial charge is 0.396 e. The highest BCUT2D eigenvalue weighted by atomic mass is 19.1. The minimum atomic E-state index is -1.09. The monoisotopic (exact) mass is 377 g/mol. The summed E-state index contributed by atoms with van der Waals surface area (Å²) in [5.74, 6) is -2.91. The van der Waals surface area contributed by atoms with Crippen LogP contribution in [0.3, 0.4) is 0 Å². The number of halogens is 2. The number of hydrogen-bond acceptors (Lipinski definition) is 4. The Balaban J connectivity index is 1.83. The van der Waals surface area contributed by atoms with E-state index < -0.39 is 23.0 Å². The van der Waals surface area contributed by atoms with Crippen molar-refractivity contribution in [2.24, 2.45) is 0 Å². The number of rotatable bonds is 4. The molecule has 2 aromatic heterocycles. The van der Waals surface area contributed by atoms with Gasteiger partial charge in [0.1, 0.15) is 17.8 Å². The molecule has 0 aliphatic heterocycles. The molecular formula is C21H13F2N3O2. The summed E-state index contributed by atoms with van der Waals surface area (Å²) >= 11 is 0. The first-order chi connectivity index (χ1) is 13.5. The summed E-state index contributed by atoms with van der Waals surface area (Å²) < 4.78 is 28.4. The van der Waals surface area contributed by atoms with E-state index in [9.17, 15) is 18.4 Å². The number of carbonyl (C=O) groups excluding carboxylic acids is 2. The Kier molecular flexibility index (Phi) is 4.19. The van der Waals surface area contributed by atoms with Crippen LogP contribution in [0.15, 0.2) is 54.9 Å². The Morgan fingerprint density at radius 2 is 1.82 bits per heavy atom. The number of carbonyl (C=O) groups is 2. The fourth-order valence-electron chi connectivity index (χ4n) is 3.01. The number of aldehydes is 1. The first kappa shape index (κ1) is 17.5. The zero-order chi connectivity index (χ0) is 19.8. The summed E-state index contributed by atoms with van der Waals surface area (Å²) in [5, 5.41) is 0.420. The Hall–Kier alpha value is -3.87. The van der Waals surface area contributed by atoms with E-state index in [-0.39, 0.29) is 11.3 Å². The van der Waals surface area contributed by atoms with E-state index >= 15 is 0 Å². The molecule has 0 atom stereocenters. The molecule has 0 amide bonds. The molecule has 28 heavy (non-hydrogen) atoms. The molecule has 2 aromatic carbocycles. The molecule has 0 fully saturated rings. The van der Waals surface area contributed by atoms with E-state index in [1.807, 2.05) is 0 Å². The predicted molar refractivity (Wildman–Crippen MR) is 101 cm³/mol. The number of pyridine rings is 1. The fraction of sp³-hybridized carbons (Fsp3) is 0. The van der Waals surface area contributed by atoms with Crippen molar-refractivity contribution in [2.45, 2.75) is 0 Å². The molecule has 0 unspecified atom stereocenters. The highest BCUT2D eigenvalue weighted by Gasteiger charge is 2.23. The zero-order valence-electron chi connectivity index (χ0n) is 14.4. The van der Waals surface area contributed by atoms with Crippen molar-refractivity contribution >= 4 is 28.8 Å². The van der Waals surface area contributed by atoms with Crippen molar-refractivity contribution in [3.63, 3.8) is 0 Å². The maximum atomic E-state index is 14.3. The number of ketones is 1. The Morgan fingerprint density at radius 1 is 1.07 bits per heavy atom. The minimum Gasteiger partial charge on any atom is -0.396 e. The molecule has 0 aliphatic rings. The van der Waals surface area contributed by atoms with Crippen LogP contribution in [0.4, 0.5) is 14.5 Å². The Labute approximate surface area is 157 Å². The smallest absolute Gasteiger partial charge is 0.201 e. The van der Waals surface area contributed by atoms with Crippen LogP contribution in [-0.4, -0.2) is 22.0 Å². The summed E-state index contributed by atoms with van der Waals surface area (Å²) in [6.45, 7) is 0. The maximum Gasteiger partial charge on any atom is 0.201 e. The summed E-state index contributed by atoms with van der Waals surface area (Å²) in [5.41, 5.74) is 6.95. The topological polar surface area (TPSA) is 88.8 Å². The maximum absolute atomic E-state index is 14.3. The van der Waals surface area contributed by atoms with Crippen molar-refractivity contribution in [1.29, 1.82) is 0 Å². The van der Waals surface area contributed by atoms with Gasteiger partial charge in [0.2, 0.25) is 5.78 Å². The van der Waals surface area contributed by atoms with E-state index in [2.05, 4.69) is 9.97 Å². The molecule has 7 heteroatoms. The first-order valence-corrected chi connectivity index (χ1v) is 8.30. The molecule has 4 aromatic rings. The normalized spacial score (nSPS) is 10.9. The average molecular weight is 377 g/mol. The molecule has 0 aliphatic carbocycles. The highest BCUT2D eigenvalue weighted by Crippen LogP contribution is 2.28. The Bertz CT molecular complexity index is 1230. The lowest BCUT2D eigenvalue weighted by molar-refractivity contribution is 0.103. The molecule has 0 spiro atoms. The number of anilines is 1. The van der Waals surface area contributed by atoms with Crippen LogP contribution in [0.2, 0.25) is 0 Å². The number of fused-ring (bicyclic) bond motifs is 1. The van der Waals surface area contributed by atoms with Gasteiger partial charge in [0.25, 0.3) is 0 Å². The molecule has 0 bridgehead atoms. The standard InChI is InChI=1S/C21H13F2N3O2/c22-16-5-6-17(24)19(23)18(16)20(28)15-9-26-21-14(15)7-13(8-25-21)12-3-1-11(10-27)2-4-12/h1-10H,24H2,(H,25,26). The lowest BCUT2D eigenvalue weighted by atomic mass is 9.99. The van der Waals surface area contributed by atoms with E-state index in [0.717, 1.165) is 24.0 Å². The van der Waals surface area contributed by atoms with Gasteiger partial charge in [-0.2, -0.15) is 0 Å².